The Morgan fingerprint density at radius 3 is 2.45 bits per heavy atom. The lowest BCUT2D eigenvalue weighted by molar-refractivity contribution is 0.0499. The summed E-state index contributed by atoms with van der Waals surface area (Å²) in [6, 6.07) is 17.4. The number of esters is 1. The first-order valence-electron chi connectivity index (χ1n) is 10.3. The fourth-order valence-electron chi connectivity index (χ4n) is 3.09. The Hall–Kier alpha value is -3.67. The van der Waals surface area contributed by atoms with Crippen molar-refractivity contribution in [3.63, 3.8) is 0 Å². The molecule has 160 valence electrons. The molecule has 3 rings (SSSR count). The molecular formula is C25H26N2O4. The Bertz CT molecular complexity index is 1120. The summed E-state index contributed by atoms with van der Waals surface area (Å²) in [6.45, 7) is 4.79. The van der Waals surface area contributed by atoms with Crippen LogP contribution < -0.4 is 10.9 Å². The minimum Gasteiger partial charge on any atom is -0.462 e. The molecule has 1 N–H and O–H groups in total. The summed E-state index contributed by atoms with van der Waals surface area (Å²) < 4.78 is 6.69. The number of nitrogens with one attached hydrogen (secondary N) is 1. The van der Waals surface area contributed by atoms with Gasteiger partial charge in [0.05, 0.1) is 18.7 Å². The number of pyridine rings is 1. The summed E-state index contributed by atoms with van der Waals surface area (Å²) in [5.41, 5.74) is 2.69. The molecule has 31 heavy (non-hydrogen) atoms. The van der Waals surface area contributed by atoms with Crippen molar-refractivity contribution in [2.24, 2.45) is 0 Å². The number of unbranched alkanes of at least 4 members (excludes halogenated alkanes) is 1. The molecule has 0 saturated heterocycles. The summed E-state index contributed by atoms with van der Waals surface area (Å²) >= 11 is 0. The van der Waals surface area contributed by atoms with Crippen LogP contribution in [0.15, 0.2) is 71.7 Å². The lowest BCUT2D eigenvalue weighted by atomic mass is 10.1. The number of aromatic nitrogens is 1. The largest absolute Gasteiger partial charge is 0.462 e. The van der Waals surface area contributed by atoms with Crippen LogP contribution in [-0.4, -0.2) is 23.1 Å². The van der Waals surface area contributed by atoms with Crippen LogP contribution in [0.1, 0.15) is 51.6 Å². The molecule has 2 aromatic carbocycles. The van der Waals surface area contributed by atoms with Crippen LogP contribution in [-0.2, 0) is 11.3 Å². The predicted molar refractivity (Wildman–Crippen MR) is 121 cm³/mol. The van der Waals surface area contributed by atoms with Crippen LogP contribution in [0.5, 0.6) is 0 Å². The third-order valence-electron chi connectivity index (χ3n) is 4.98. The van der Waals surface area contributed by atoms with Crippen molar-refractivity contribution >= 4 is 17.6 Å². The smallest absolute Gasteiger partial charge is 0.338 e. The van der Waals surface area contributed by atoms with Gasteiger partial charge in [-0.1, -0.05) is 37.6 Å². The monoisotopic (exact) mass is 418 g/mol. The van der Waals surface area contributed by atoms with Crippen molar-refractivity contribution in [2.45, 2.75) is 33.2 Å². The molecule has 1 heterocycles. The summed E-state index contributed by atoms with van der Waals surface area (Å²) in [4.78, 5) is 37.5. The maximum atomic E-state index is 12.8. The highest BCUT2D eigenvalue weighted by molar-refractivity contribution is 6.04. The third-order valence-corrected chi connectivity index (χ3v) is 4.98. The van der Waals surface area contributed by atoms with E-state index in [-0.39, 0.29) is 11.1 Å². The number of hydrogen-bond donors (Lipinski definition) is 1. The highest BCUT2D eigenvalue weighted by Crippen LogP contribution is 2.12. The van der Waals surface area contributed by atoms with Gasteiger partial charge in [-0.25, -0.2) is 4.79 Å². The van der Waals surface area contributed by atoms with Gasteiger partial charge in [0.1, 0.15) is 5.56 Å². The van der Waals surface area contributed by atoms with Crippen molar-refractivity contribution in [2.75, 3.05) is 11.9 Å². The normalized spacial score (nSPS) is 10.5. The minimum absolute atomic E-state index is 0.0548. The first kappa shape index (κ1) is 22.0. The van der Waals surface area contributed by atoms with E-state index in [1.807, 2.05) is 38.1 Å². The molecule has 0 aliphatic carbocycles. The van der Waals surface area contributed by atoms with Gasteiger partial charge in [0.25, 0.3) is 11.5 Å². The second-order valence-electron chi connectivity index (χ2n) is 7.30. The zero-order valence-electron chi connectivity index (χ0n) is 17.8. The number of nitrogens with zero attached hydrogens (tertiary/aromatic N) is 1. The number of ether oxygens (including phenoxy) is 1. The Morgan fingerprint density at radius 1 is 1.00 bits per heavy atom. The Balaban J connectivity index is 1.70. The van der Waals surface area contributed by atoms with Gasteiger partial charge < -0.3 is 14.6 Å². The Morgan fingerprint density at radius 2 is 1.74 bits per heavy atom. The third kappa shape index (κ3) is 5.69. The number of rotatable bonds is 8. The molecule has 3 aromatic rings. The molecule has 0 radical (unpaired) electrons. The summed E-state index contributed by atoms with van der Waals surface area (Å²) in [6.07, 6.45) is 3.44. The van der Waals surface area contributed by atoms with Crippen LogP contribution in [0.4, 0.5) is 5.69 Å². The number of hydrogen-bond acceptors (Lipinski definition) is 4. The van der Waals surface area contributed by atoms with Gasteiger partial charge in [0.15, 0.2) is 0 Å². The predicted octanol–water partition coefficient (Wildman–Crippen LogP) is 4.41. The van der Waals surface area contributed by atoms with E-state index in [9.17, 15) is 14.4 Å². The zero-order valence-corrected chi connectivity index (χ0v) is 17.8. The average molecular weight is 418 g/mol. The molecule has 0 atom stereocenters. The number of carbonyl (C=O) groups is 2. The molecule has 1 aromatic heterocycles. The highest BCUT2D eigenvalue weighted by atomic mass is 16.5. The standard InChI is InChI=1S/C25H26N2O4/c1-3-4-16-31-25(30)19-11-13-21(14-12-19)26-23(28)22-10-7-15-27(24(22)29)17-20-9-6-5-8-18(20)2/h5-15H,3-4,16-17H2,1-2H3,(H,26,28). The van der Waals surface area contributed by atoms with Gasteiger partial charge >= 0.3 is 5.97 Å². The molecule has 1 amide bonds. The first-order chi connectivity index (χ1) is 15.0. The quantitative estimate of drug-likeness (QED) is 0.434. The Kier molecular flexibility index (Phi) is 7.38. The summed E-state index contributed by atoms with van der Waals surface area (Å²) in [5.74, 6) is -0.893. The number of amides is 1. The number of benzene rings is 2. The second-order valence-corrected chi connectivity index (χ2v) is 7.30. The van der Waals surface area contributed by atoms with Gasteiger partial charge in [-0.3, -0.25) is 9.59 Å². The maximum absolute atomic E-state index is 12.8. The van der Waals surface area contributed by atoms with Gasteiger partial charge in [-0.2, -0.15) is 0 Å². The van der Waals surface area contributed by atoms with E-state index in [0.717, 1.165) is 24.0 Å². The molecule has 0 spiro atoms. The minimum atomic E-state index is -0.498. The van der Waals surface area contributed by atoms with Crippen LogP contribution >= 0.6 is 0 Å². The summed E-state index contributed by atoms with van der Waals surface area (Å²) in [5, 5.41) is 2.72. The SMILES string of the molecule is CCCCOC(=O)c1ccc(NC(=O)c2cccn(Cc3ccccc3C)c2=O)cc1. The van der Waals surface area contributed by atoms with Gasteiger partial charge in [0.2, 0.25) is 0 Å². The van der Waals surface area contributed by atoms with Gasteiger partial charge in [0, 0.05) is 11.9 Å². The number of anilines is 1. The van der Waals surface area contributed by atoms with Crippen LogP contribution in [0, 0.1) is 6.92 Å². The van der Waals surface area contributed by atoms with E-state index in [2.05, 4.69) is 5.32 Å². The zero-order chi connectivity index (χ0) is 22.2. The van der Waals surface area contributed by atoms with Crippen molar-refractivity contribution in [1.29, 1.82) is 0 Å². The van der Waals surface area contributed by atoms with E-state index in [4.69, 9.17) is 4.74 Å². The van der Waals surface area contributed by atoms with E-state index in [0.29, 0.717) is 24.4 Å². The molecular weight excluding hydrogens is 392 g/mol. The molecule has 0 unspecified atom stereocenters. The van der Waals surface area contributed by atoms with Crippen molar-refractivity contribution in [3.8, 4) is 0 Å². The van der Waals surface area contributed by atoms with Crippen molar-refractivity contribution < 1.29 is 14.3 Å². The van der Waals surface area contributed by atoms with E-state index >= 15 is 0 Å². The molecule has 0 aliphatic rings. The fourth-order valence-corrected chi connectivity index (χ4v) is 3.09. The molecule has 0 bridgehead atoms. The number of carbonyl (C=O) groups excluding carboxylic acids is 2. The average Bonchev–Trinajstić information content (AvgIpc) is 2.77. The van der Waals surface area contributed by atoms with Gasteiger partial charge in [-0.15, -0.1) is 0 Å². The molecule has 6 heteroatoms. The second kappa shape index (κ2) is 10.4. The fraction of sp³-hybridized carbons (Fsp3) is 0.240. The molecule has 6 nitrogen and oxygen atoms in total. The van der Waals surface area contributed by atoms with E-state index < -0.39 is 11.9 Å². The van der Waals surface area contributed by atoms with Crippen LogP contribution in [0.25, 0.3) is 0 Å². The number of aryl methyl sites for hydroxylation is 1. The molecule has 0 aliphatic heterocycles. The topological polar surface area (TPSA) is 77.4 Å². The molecule has 0 saturated carbocycles. The van der Waals surface area contributed by atoms with Crippen LogP contribution in [0.3, 0.4) is 0 Å². The maximum Gasteiger partial charge on any atom is 0.338 e. The highest BCUT2D eigenvalue weighted by Gasteiger charge is 2.14. The molecule has 0 fully saturated rings. The van der Waals surface area contributed by atoms with E-state index in [1.54, 1.807) is 36.5 Å². The van der Waals surface area contributed by atoms with E-state index in [1.165, 1.54) is 10.6 Å². The summed E-state index contributed by atoms with van der Waals surface area (Å²) in [7, 11) is 0. The Labute approximate surface area is 181 Å². The van der Waals surface area contributed by atoms with Crippen molar-refractivity contribution in [1.82, 2.24) is 4.57 Å². The lowest BCUT2D eigenvalue weighted by Crippen LogP contribution is -2.29. The first-order valence-corrected chi connectivity index (χ1v) is 10.3. The lowest BCUT2D eigenvalue weighted by Gasteiger charge is -2.11. The van der Waals surface area contributed by atoms with Gasteiger partial charge in [-0.05, 0) is 60.9 Å². The van der Waals surface area contributed by atoms with Crippen molar-refractivity contribution in [3.05, 3.63) is 99.5 Å². The van der Waals surface area contributed by atoms with Crippen LogP contribution in [0.2, 0.25) is 0 Å².